The Hall–Kier alpha value is -0.800. The van der Waals surface area contributed by atoms with E-state index >= 15 is 0 Å². The summed E-state index contributed by atoms with van der Waals surface area (Å²) in [4.78, 5) is 0. The fourth-order valence-corrected chi connectivity index (χ4v) is 1.82. The van der Waals surface area contributed by atoms with E-state index in [4.69, 9.17) is 10.5 Å². The van der Waals surface area contributed by atoms with Crippen LogP contribution in [-0.4, -0.2) is 18.3 Å². The van der Waals surface area contributed by atoms with Gasteiger partial charge in [-0.2, -0.15) is 0 Å². The zero-order valence-electron chi connectivity index (χ0n) is 9.50. The number of hydrogen-bond acceptors (Lipinski definition) is 2. The number of ether oxygens (including phenoxy) is 1. The molecule has 3 heteroatoms. The summed E-state index contributed by atoms with van der Waals surface area (Å²) in [6, 6.07) is 2.27. The van der Waals surface area contributed by atoms with Crippen molar-refractivity contribution in [1.29, 1.82) is 0 Å². The summed E-state index contributed by atoms with van der Waals surface area (Å²) in [5.41, 5.74) is 9.63. The van der Waals surface area contributed by atoms with Crippen LogP contribution >= 0.6 is 0 Å². The van der Waals surface area contributed by atoms with Gasteiger partial charge in [0.2, 0.25) is 0 Å². The van der Waals surface area contributed by atoms with Crippen LogP contribution in [0, 0.1) is 13.8 Å². The van der Waals surface area contributed by atoms with E-state index in [1.54, 1.807) is 7.11 Å². The fourth-order valence-electron chi connectivity index (χ4n) is 1.82. The third-order valence-electron chi connectivity index (χ3n) is 2.62. The minimum atomic E-state index is 0.109. The quantitative estimate of drug-likeness (QED) is 0.797. The van der Waals surface area contributed by atoms with Crippen LogP contribution in [-0.2, 0) is 11.3 Å². The van der Waals surface area contributed by atoms with Gasteiger partial charge in [0.15, 0.2) is 0 Å². The Morgan fingerprint density at radius 2 is 2.14 bits per heavy atom. The normalized spacial score (nSPS) is 13.2. The van der Waals surface area contributed by atoms with Crippen molar-refractivity contribution in [2.24, 2.45) is 5.73 Å². The Bertz CT molecular complexity index is 302. The number of nitrogens with two attached hydrogens (primary N) is 1. The summed E-state index contributed by atoms with van der Waals surface area (Å²) in [5, 5.41) is 0. The average molecular weight is 196 g/mol. The molecule has 1 aromatic heterocycles. The van der Waals surface area contributed by atoms with Crippen LogP contribution in [0.5, 0.6) is 0 Å². The third kappa shape index (κ3) is 2.16. The maximum atomic E-state index is 5.88. The Morgan fingerprint density at radius 1 is 1.50 bits per heavy atom. The van der Waals surface area contributed by atoms with E-state index in [1.807, 2.05) is 6.92 Å². The molecule has 1 aromatic rings. The molecular formula is C11H20N2O. The molecule has 1 atom stereocenters. The predicted molar refractivity (Wildman–Crippen MR) is 58.4 cm³/mol. The highest BCUT2D eigenvalue weighted by molar-refractivity contribution is 5.29. The molecular weight excluding hydrogens is 176 g/mol. The van der Waals surface area contributed by atoms with Crippen molar-refractivity contribution >= 4 is 0 Å². The maximum Gasteiger partial charge on any atom is 0.0641 e. The summed E-state index contributed by atoms with van der Waals surface area (Å²) in [6.07, 6.45) is 0. The zero-order valence-corrected chi connectivity index (χ0v) is 9.50. The first-order valence-corrected chi connectivity index (χ1v) is 4.99. The maximum absolute atomic E-state index is 5.88. The Balaban J connectivity index is 2.93. The number of aromatic nitrogens is 1. The molecule has 3 nitrogen and oxygen atoms in total. The Morgan fingerprint density at radius 3 is 2.57 bits per heavy atom. The van der Waals surface area contributed by atoms with Gasteiger partial charge in [0.1, 0.15) is 0 Å². The molecule has 14 heavy (non-hydrogen) atoms. The number of aryl methyl sites for hydroxylation is 1. The van der Waals surface area contributed by atoms with E-state index in [-0.39, 0.29) is 6.04 Å². The highest BCUT2D eigenvalue weighted by atomic mass is 16.5. The van der Waals surface area contributed by atoms with Crippen LogP contribution in [0.1, 0.15) is 29.9 Å². The van der Waals surface area contributed by atoms with Crippen LogP contribution < -0.4 is 5.73 Å². The van der Waals surface area contributed by atoms with Crippen molar-refractivity contribution in [3.63, 3.8) is 0 Å². The Kier molecular flexibility index (Phi) is 3.72. The van der Waals surface area contributed by atoms with Crippen LogP contribution in [0.25, 0.3) is 0 Å². The van der Waals surface area contributed by atoms with E-state index in [2.05, 4.69) is 24.5 Å². The molecule has 80 valence electrons. The van der Waals surface area contributed by atoms with Gasteiger partial charge in [-0.3, -0.25) is 0 Å². The van der Waals surface area contributed by atoms with E-state index in [9.17, 15) is 0 Å². The highest BCUT2D eigenvalue weighted by Gasteiger charge is 2.11. The summed E-state index contributed by atoms with van der Waals surface area (Å²) < 4.78 is 7.33. The first kappa shape index (κ1) is 11.3. The molecule has 0 spiro atoms. The van der Waals surface area contributed by atoms with Gasteiger partial charge in [-0.05, 0) is 32.4 Å². The minimum absolute atomic E-state index is 0.109. The second-order valence-corrected chi connectivity index (χ2v) is 3.76. The predicted octanol–water partition coefficient (Wildman–Crippen LogP) is 1.77. The van der Waals surface area contributed by atoms with Gasteiger partial charge in [-0.25, -0.2) is 0 Å². The standard InChI is InChI=1S/C11H20N2O/c1-8-7-11(9(2)12)10(3)13(8)5-6-14-4/h7,9H,5-6,12H2,1-4H3/t9-/m1/s1. The fraction of sp³-hybridized carbons (Fsp3) is 0.636. The molecule has 2 N–H and O–H groups in total. The molecule has 0 amide bonds. The molecule has 0 aromatic carbocycles. The summed E-state index contributed by atoms with van der Waals surface area (Å²) >= 11 is 0. The molecule has 0 bridgehead atoms. The largest absolute Gasteiger partial charge is 0.383 e. The van der Waals surface area contributed by atoms with Gasteiger partial charge >= 0.3 is 0 Å². The first-order chi connectivity index (χ1) is 6.57. The van der Waals surface area contributed by atoms with Crippen LogP contribution in [0.2, 0.25) is 0 Å². The van der Waals surface area contributed by atoms with Crippen molar-refractivity contribution in [1.82, 2.24) is 4.57 Å². The summed E-state index contributed by atoms with van der Waals surface area (Å²) in [5.74, 6) is 0. The lowest BCUT2D eigenvalue weighted by atomic mass is 10.1. The summed E-state index contributed by atoms with van der Waals surface area (Å²) in [6.45, 7) is 7.88. The third-order valence-corrected chi connectivity index (χ3v) is 2.62. The molecule has 0 fully saturated rings. The monoisotopic (exact) mass is 196 g/mol. The van der Waals surface area contributed by atoms with Crippen molar-refractivity contribution in [3.05, 3.63) is 23.0 Å². The number of nitrogens with zero attached hydrogens (tertiary/aromatic N) is 1. The molecule has 0 saturated carbocycles. The van der Waals surface area contributed by atoms with Gasteiger partial charge in [-0.15, -0.1) is 0 Å². The lowest BCUT2D eigenvalue weighted by molar-refractivity contribution is 0.186. The van der Waals surface area contributed by atoms with E-state index in [0.717, 1.165) is 13.2 Å². The smallest absolute Gasteiger partial charge is 0.0641 e. The molecule has 1 rings (SSSR count). The lowest BCUT2D eigenvalue weighted by Crippen LogP contribution is -2.10. The zero-order chi connectivity index (χ0) is 10.7. The molecule has 0 radical (unpaired) electrons. The van der Waals surface area contributed by atoms with Crippen molar-refractivity contribution in [3.8, 4) is 0 Å². The lowest BCUT2D eigenvalue weighted by Gasteiger charge is -2.10. The van der Waals surface area contributed by atoms with Gasteiger partial charge in [-0.1, -0.05) is 0 Å². The molecule has 0 aliphatic carbocycles. The minimum Gasteiger partial charge on any atom is -0.383 e. The van der Waals surface area contributed by atoms with Crippen LogP contribution in [0.3, 0.4) is 0 Å². The topological polar surface area (TPSA) is 40.2 Å². The molecule has 0 aliphatic rings. The first-order valence-electron chi connectivity index (χ1n) is 4.99. The highest BCUT2D eigenvalue weighted by Crippen LogP contribution is 2.19. The van der Waals surface area contributed by atoms with Crippen molar-refractivity contribution in [2.75, 3.05) is 13.7 Å². The van der Waals surface area contributed by atoms with Gasteiger partial charge in [0.25, 0.3) is 0 Å². The van der Waals surface area contributed by atoms with Gasteiger partial charge in [0.05, 0.1) is 6.61 Å². The van der Waals surface area contributed by atoms with Gasteiger partial charge < -0.3 is 15.0 Å². The van der Waals surface area contributed by atoms with Gasteiger partial charge in [0, 0.05) is 31.1 Å². The number of rotatable bonds is 4. The van der Waals surface area contributed by atoms with Crippen molar-refractivity contribution in [2.45, 2.75) is 33.4 Å². The summed E-state index contributed by atoms with van der Waals surface area (Å²) in [7, 11) is 1.72. The second-order valence-electron chi connectivity index (χ2n) is 3.76. The van der Waals surface area contributed by atoms with E-state index in [0.29, 0.717) is 0 Å². The Labute approximate surface area is 85.9 Å². The average Bonchev–Trinajstić information content (AvgIpc) is 2.40. The molecule has 0 saturated heterocycles. The molecule has 0 unspecified atom stereocenters. The van der Waals surface area contributed by atoms with E-state index in [1.165, 1.54) is 17.0 Å². The molecule has 1 heterocycles. The van der Waals surface area contributed by atoms with Crippen LogP contribution in [0.4, 0.5) is 0 Å². The number of methoxy groups -OCH3 is 1. The molecule has 0 aliphatic heterocycles. The van der Waals surface area contributed by atoms with E-state index < -0.39 is 0 Å². The van der Waals surface area contributed by atoms with Crippen LogP contribution in [0.15, 0.2) is 6.07 Å². The second kappa shape index (κ2) is 4.62. The van der Waals surface area contributed by atoms with Crippen molar-refractivity contribution < 1.29 is 4.74 Å². The number of hydrogen-bond donors (Lipinski definition) is 1. The SMILES string of the molecule is COCCn1c(C)cc([C@@H](C)N)c1C.